The molecule has 1 N–H and O–H groups in total. The summed E-state index contributed by atoms with van der Waals surface area (Å²) in [4.78, 5) is 16.4. The predicted octanol–water partition coefficient (Wildman–Crippen LogP) is 5.13. The lowest BCUT2D eigenvalue weighted by molar-refractivity contribution is 0.0606. The molecular formula is C20H18F2N2O3S. The standard InChI is InChI=1S/C20H18F2N2O3S/c1-26-15-5-3-4-11-12(15)6-7-13(11)23-19-17-10(8-14(24-19)18(21)22)9-16(28-17)20(25)27-2/h3-5,8-9,13,18H,6-7H2,1-2H3,(H,23,24)/t13-/m1/s1. The summed E-state index contributed by atoms with van der Waals surface area (Å²) in [5.74, 6) is 0.681. The van der Waals surface area contributed by atoms with E-state index >= 15 is 0 Å². The predicted molar refractivity (Wildman–Crippen MR) is 104 cm³/mol. The molecule has 8 heteroatoms. The number of carbonyl (C=O) groups is 1. The Kier molecular flexibility index (Phi) is 4.89. The summed E-state index contributed by atoms with van der Waals surface area (Å²) in [6.07, 6.45) is -1.08. The Balaban J connectivity index is 1.77. The summed E-state index contributed by atoms with van der Waals surface area (Å²) in [7, 11) is 2.92. The molecule has 2 aromatic heterocycles. The number of rotatable bonds is 5. The molecule has 146 valence electrons. The number of hydrogen-bond donors (Lipinski definition) is 1. The van der Waals surface area contributed by atoms with Crippen molar-refractivity contribution in [1.82, 2.24) is 4.98 Å². The largest absolute Gasteiger partial charge is 0.496 e. The van der Waals surface area contributed by atoms with Crippen molar-refractivity contribution < 1.29 is 23.0 Å². The van der Waals surface area contributed by atoms with E-state index in [0.29, 0.717) is 20.8 Å². The molecular weight excluding hydrogens is 386 g/mol. The molecule has 3 aromatic rings. The minimum absolute atomic E-state index is 0.0719. The van der Waals surface area contributed by atoms with Gasteiger partial charge >= 0.3 is 5.97 Å². The van der Waals surface area contributed by atoms with Gasteiger partial charge in [0, 0.05) is 0 Å². The zero-order valence-corrected chi connectivity index (χ0v) is 16.1. The van der Waals surface area contributed by atoms with Crippen molar-refractivity contribution in [2.24, 2.45) is 0 Å². The summed E-state index contributed by atoms with van der Waals surface area (Å²) in [6, 6.07) is 8.65. The van der Waals surface area contributed by atoms with E-state index in [-0.39, 0.29) is 11.7 Å². The second-order valence-corrected chi connectivity index (χ2v) is 7.53. The maximum absolute atomic E-state index is 13.4. The Morgan fingerprint density at radius 2 is 2.14 bits per heavy atom. The number of thiophene rings is 1. The maximum atomic E-state index is 13.4. The fraction of sp³-hybridized carbons (Fsp3) is 0.300. The van der Waals surface area contributed by atoms with E-state index in [1.54, 1.807) is 13.2 Å². The van der Waals surface area contributed by atoms with Gasteiger partial charge in [-0.2, -0.15) is 0 Å². The lowest BCUT2D eigenvalue weighted by Crippen LogP contribution is -2.09. The van der Waals surface area contributed by atoms with E-state index in [1.807, 2.05) is 18.2 Å². The van der Waals surface area contributed by atoms with Crippen LogP contribution in [0.1, 0.15) is 45.4 Å². The van der Waals surface area contributed by atoms with E-state index in [9.17, 15) is 13.6 Å². The maximum Gasteiger partial charge on any atom is 0.348 e. The molecule has 1 aliphatic carbocycles. The van der Waals surface area contributed by atoms with Crippen LogP contribution in [-0.4, -0.2) is 25.2 Å². The van der Waals surface area contributed by atoms with Gasteiger partial charge in [0.25, 0.3) is 6.43 Å². The Hall–Kier alpha value is -2.74. The normalized spacial score (nSPS) is 15.7. The second-order valence-electron chi connectivity index (χ2n) is 6.48. The molecule has 0 bridgehead atoms. The number of halogens is 2. The zero-order valence-electron chi connectivity index (χ0n) is 15.3. The molecule has 0 spiro atoms. The summed E-state index contributed by atoms with van der Waals surface area (Å²) in [5.41, 5.74) is 1.86. The Labute approximate surface area is 164 Å². The van der Waals surface area contributed by atoms with Gasteiger partial charge in [-0.05, 0) is 47.6 Å². The molecule has 4 rings (SSSR count). The van der Waals surface area contributed by atoms with Crippen LogP contribution in [-0.2, 0) is 11.2 Å². The van der Waals surface area contributed by atoms with Gasteiger partial charge in [-0.25, -0.2) is 18.6 Å². The van der Waals surface area contributed by atoms with E-state index < -0.39 is 12.4 Å². The summed E-state index contributed by atoms with van der Waals surface area (Å²) in [6.45, 7) is 0. The summed E-state index contributed by atoms with van der Waals surface area (Å²) in [5, 5.41) is 3.86. The third-order valence-corrected chi connectivity index (χ3v) is 6.03. The lowest BCUT2D eigenvalue weighted by Gasteiger charge is -2.17. The highest BCUT2D eigenvalue weighted by Gasteiger charge is 2.27. The number of fused-ring (bicyclic) bond motifs is 2. The number of nitrogens with one attached hydrogen (secondary N) is 1. The van der Waals surface area contributed by atoms with Crippen LogP contribution < -0.4 is 10.1 Å². The molecule has 0 unspecified atom stereocenters. The van der Waals surface area contributed by atoms with Crippen molar-refractivity contribution in [3.05, 3.63) is 52.0 Å². The number of pyridine rings is 1. The van der Waals surface area contributed by atoms with Crippen LogP contribution in [0.5, 0.6) is 5.75 Å². The number of hydrogen-bond acceptors (Lipinski definition) is 6. The van der Waals surface area contributed by atoms with Crippen molar-refractivity contribution in [2.75, 3.05) is 19.5 Å². The summed E-state index contributed by atoms with van der Waals surface area (Å²) >= 11 is 1.18. The van der Waals surface area contributed by atoms with E-state index in [4.69, 9.17) is 9.47 Å². The van der Waals surface area contributed by atoms with Crippen LogP contribution in [0.25, 0.3) is 10.1 Å². The van der Waals surface area contributed by atoms with Gasteiger partial charge in [0.2, 0.25) is 0 Å². The smallest absolute Gasteiger partial charge is 0.348 e. The van der Waals surface area contributed by atoms with Crippen molar-refractivity contribution in [3.63, 3.8) is 0 Å². The van der Waals surface area contributed by atoms with Gasteiger partial charge in [0.1, 0.15) is 22.1 Å². The number of benzene rings is 1. The molecule has 5 nitrogen and oxygen atoms in total. The van der Waals surface area contributed by atoms with Crippen molar-refractivity contribution in [2.45, 2.75) is 25.3 Å². The molecule has 1 aromatic carbocycles. The van der Waals surface area contributed by atoms with E-state index in [2.05, 4.69) is 10.3 Å². The van der Waals surface area contributed by atoms with Gasteiger partial charge in [-0.15, -0.1) is 11.3 Å². The van der Waals surface area contributed by atoms with Crippen LogP contribution in [0, 0.1) is 0 Å². The molecule has 1 atom stereocenters. The van der Waals surface area contributed by atoms with Gasteiger partial charge in [-0.1, -0.05) is 12.1 Å². The number of nitrogens with zero attached hydrogens (tertiary/aromatic N) is 1. The number of esters is 1. The molecule has 0 saturated carbocycles. The number of carbonyl (C=O) groups excluding carboxylic acids is 1. The molecule has 0 amide bonds. The molecule has 28 heavy (non-hydrogen) atoms. The minimum atomic E-state index is -2.71. The average molecular weight is 404 g/mol. The molecule has 0 radical (unpaired) electrons. The monoisotopic (exact) mass is 404 g/mol. The van der Waals surface area contributed by atoms with Crippen LogP contribution in [0.15, 0.2) is 30.3 Å². The second kappa shape index (κ2) is 7.35. The first kappa shape index (κ1) is 18.6. The quantitative estimate of drug-likeness (QED) is 0.598. The fourth-order valence-electron chi connectivity index (χ4n) is 3.61. The minimum Gasteiger partial charge on any atom is -0.496 e. The lowest BCUT2D eigenvalue weighted by atomic mass is 10.1. The van der Waals surface area contributed by atoms with Crippen LogP contribution in [0.3, 0.4) is 0 Å². The number of ether oxygens (including phenoxy) is 2. The van der Waals surface area contributed by atoms with Crippen LogP contribution >= 0.6 is 11.3 Å². The SMILES string of the molecule is COC(=O)c1cc2cc(C(F)F)nc(N[C@@H]3CCc4c(OC)cccc43)c2s1. The molecule has 0 saturated heterocycles. The zero-order chi connectivity index (χ0) is 19.8. The van der Waals surface area contributed by atoms with Gasteiger partial charge in [0.05, 0.1) is 25.0 Å². The fourth-order valence-corrected chi connectivity index (χ4v) is 4.62. The Morgan fingerprint density at radius 1 is 1.32 bits per heavy atom. The van der Waals surface area contributed by atoms with Crippen molar-refractivity contribution in [3.8, 4) is 5.75 Å². The third kappa shape index (κ3) is 3.17. The first-order chi connectivity index (χ1) is 13.5. The molecule has 0 fully saturated rings. The topological polar surface area (TPSA) is 60.5 Å². The molecule has 2 heterocycles. The van der Waals surface area contributed by atoms with E-state index in [0.717, 1.165) is 29.7 Å². The van der Waals surface area contributed by atoms with Crippen molar-refractivity contribution >= 4 is 33.2 Å². The highest BCUT2D eigenvalue weighted by Crippen LogP contribution is 2.41. The Morgan fingerprint density at radius 3 is 2.86 bits per heavy atom. The number of methoxy groups -OCH3 is 2. The number of alkyl halides is 2. The Bertz CT molecular complexity index is 1050. The van der Waals surface area contributed by atoms with Crippen LogP contribution in [0.4, 0.5) is 14.6 Å². The number of anilines is 1. The highest BCUT2D eigenvalue weighted by molar-refractivity contribution is 7.21. The highest BCUT2D eigenvalue weighted by atomic mass is 32.1. The van der Waals surface area contributed by atoms with Gasteiger partial charge in [-0.3, -0.25) is 0 Å². The average Bonchev–Trinajstić information content (AvgIpc) is 3.31. The first-order valence-corrected chi connectivity index (χ1v) is 9.56. The first-order valence-electron chi connectivity index (χ1n) is 8.75. The molecule has 0 aliphatic heterocycles. The van der Waals surface area contributed by atoms with E-state index in [1.165, 1.54) is 24.5 Å². The van der Waals surface area contributed by atoms with Crippen LogP contribution in [0.2, 0.25) is 0 Å². The van der Waals surface area contributed by atoms with Gasteiger partial charge < -0.3 is 14.8 Å². The van der Waals surface area contributed by atoms with Gasteiger partial charge in [0.15, 0.2) is 0 Å². The summed E-state index contributed by atoms with van der Waals surface area (Å²) < 4.78 is 37.6. The molecule has 1 aliphatic rings. The third-order valence-electron chi connectivity index (χ3n) is 4.89. The van der Waals surface area contributed by atoms with Crippen molar-refractivity contribution in [1.29, 1.82) is 0 Å². The number of aromatic nitrogens is 1.